The number of hydrogen-bond acceptors (Lipinski definition) is 8. The molecule has 1 aliphatic carbocycles. The number of carbonyl (C=O) groups is 2. The normalized spacial score (nSPS) is 23.1. The Morgan fingerprint density at radius 3 is 2.74 bits per heavy atom. The van der Waals surface area contributed by atoms with Crippen LogP contribution >= 0.6 is 0 Å². The molecule has 1 fully saturated rings. The highest BCUT2D eigenvalue weighted by atomic mass is 16.6. The molecule has 2 aromatic carbocycles. The number of methoxy groups -OCH3 is 1. The number of ether oxygens (including phenoxy) is 3. The summed E-state index contributed by atoms with van der Waals surface area (Å²) in [4.78, 5) is 38.3. The number of non-ortho nitro benzene ring substituents is 1. The van der Waals surface area contributed by atoms with E-state index < -0.39 is 16.8 Å². The molecule has 2 heterocycles. The fourth-order valence-electron chi connectivity index (χ4n) is 5.71. The van der Waals surface area contributed by atoms with Crippen LogP contribution in [0.25, 0.3) is 0 Å². The lowest BCUT2D eigenvalue weighted by atomic mass is 9.71. The van der Waals surface area contributed by atoms with Crippen LogP contribution in [0.1, 0.15) is 55.6 Å². The molecule has 5 rings (SSSR count). The van der Waals surface area contributed by atoms with Crippen LogP contribution in [0.15, 0.2) is 71.1 Å². The molecular formula is C29H30N2O7. The van der Waals surface area contributed by atoms with Gasteiger partial charge in [0.25, 0.3) is 5.69 Å². The van der Waals surface area contributed by atoms with Crippen LogP contribution in [-0.4, -0.2) is 43.1 Å². The third-order valence-electron chi connectivity index (χ3n) is 7.46. The Kier molecular flexibility index (Phi) is 7.28. The van der Waals surface area contributed by atoms with Gasteiger partial charge in [-0.3, -0.25) is 14.9 Å². The molecule has 3 aliphatic rings. The zero-order valence-corrected chi connectivity index (χ0v) is 21.4. The van der Waals surface area contributed by atoms with Crippen LogP contribution in [0.2, 0.25) is 0 Å². The van der Waals surface area contributed by atoms with E-state index in [0.717, 1.165) is 18.4 Å². The molecule has 3 atom stereocenters. The number of carbonyl (C=O) groups excluding carboxylic acids is 2. The van der Waals surface area contributed by atoms with Gasteiger partial charge >= 0.3 is 5.97 Å². The Balaban J connectivity index is 1.54. The molecule has 9 heteroatoms. The van der Waals surface area contributed by atoms with Crippen LogP contribution in [0.4, 0.5) is 5.69 Å². The monoisotopic (exact) mass is 518 g/mol. The van der Waals surface area contributed by atoms with Crippen molar-refractivity contribution in [1.29, 1.82) is 0 Å². The Morgan fingerprint density at radius 1 is 1.18 bits per heavy atom. The van der Waals surface area contributed by atoms with E-state index in [1.807, 2.05) is 24.3 Å². The molecule has 0 bridgehead atoms. The maximum Gasteiger partial charge on any atom is 0.336 e. The zero-order chi connectivity index (χ0) is 26.8. The third-order valence-corrected chi connectivity index (χ3v) is 7.46. The number of nitro groups is 1. The van der Waals surface area contributed by atoms with Crippen molar-refractivity contribution in [2.24, 2.45) is 0 Å². The highest BCUT2D eigenvalue weighted by molar-refractivity contribution is 6.04. The van der Waals surface area contributed by atoms with Crippen molar-refractivity contribution in [3.8, 4) is 5.75 Å². The van der Waals surface area contributed by atoms with Crippen molar-refractivity contribution in [2.75, 3.05) is 20.3 Å². The number of benzene rings is 2. The summed E-state index contributed by atoms with van der Waals surface area (Å²) in [6.07, 6.45) is 2.34. The van der Waals surface area contributed by atoms with Crippen molar-refractivity contribution >= 4 is 17.4 Å². The molecule has 38 heavy (non-hydrogen) atoms. The molecule has 2 aromatic rings. The molecular weight excluding hydrogens is 488 g/mol. The Labute approximate surface area is 220 Å². The van der Waals surface area contributed by atoms with Crippen molar-refractivity contribution < 1.29 is 28.7 Å². The first-order valence-corrected chi connectivity index (χ1v) is 12.8. The molecule has 0 saturated carbocycles. The average molecular weight is 519 g/mol. The maximum absolute atomic E-state index is 13.8. The van der Waals surface area contributed by atoms with Gasteiger partial charge in [-0.15, -0.1) is 0 Å². The summed E-state index contributed by atoms with van der Waals surface area (Å²) in [5.41, 5.74) is 3.33. The number of Topliss-reactive ketones (excluding diaryl/α,β-unsaturated/α-hetero) is 1. The summed E-state index contributed by atoms with van der Waals surface area (Å²) in [5, 5.41) is 14.9. The van der Waals surface area contributed by atoms with E-state index in [1.54, 1.807) is 26.2 Å². The van der Waals surface area contributed by atoms with Crippen molar-refractivity contribution in [3.63, 3.8) is 0 Å². The Bertz CT molecular complexity index is 1340. The predicted molar refractivity (Wildman–Crippen MR) is 139 cm³/mol. The molecule has 9 nitrogen and oxygen atoms in total. The fourth-order valence-corrected chi connectivity index (χ4v) is 5.71. The second-order valence-corrected chi connectivity index (χ2v) is 9.84. The highest BCUT2D eigenvalue weighted by Gasteiger charge is 2.42. The summed E-state index contributed by atoms with van der Waals surface area (Å²) in [5.74, 6) is -0.868. The van der Waals surface area contributed by atoms with E-state index in [9.17, 15) is 19.7 Å². The minimum atomic E-state index is -0.783. The second kappa shape index (κ2) is 10.8. The average Bonchev–Trinajstić information content (AvgIpc) is 3.44. The molecule has 0 spiro atoms. The molecule has 0 amide bonds. The van der Waals surface area contributed by atoms with Gasteiger partial charge < -0.3 is 19.5 Å². The van der Waals surface area contributed by atoms with Crippen LogP contribution in [-0.2, 0) is 19.1 Å². The molecule has 2 aliphatic heterocycles. The van der Waals surface area contributed by atoms with Crippen molar-refractivity contribution in [1.82, 2.24) is 5.32 Å². The van der Waals surface area contributed by atoms with Gasteiger partial charge in [-0.1, -0.05) is 30.3 Å². The van der Waals surface area contributed by atoms with Gasteiger partial charge in [0.2, 0.25) is 0 Å². The number of dihydropyridines is 1. The van der Waals surface area contributed by atoms with Gasteiger partial charge in [-0.25, -0.2) is 4.79 Å². The van der Waals surface area contributed by atoms with Gasteiger partial charge in [0.1, 0.15) is 12.4 Å². The molecule has 0 aromatic heterocycles. The number of rotatable bonds is 7. The van der Waals surface area contributed by atoms with Crippen LogP contribution in [0.3, 0.4) is 0 Å². The van der Waals surface area contributed by atoms with Gasteiger partial charge in [-0.2, -0.15) is 0 Å². The molecule has 1 N–H and O–H groups in total. The molecule has 1 saturated heterocycles. The summed E-state index contributed by atoms with van der Waals surface area (Å²) in [7, 11) is 1.60. The van der Waals surface area contributed by atoms with E-state index in [-0.39, 0.29) is 42.1 Å². The van der Waals surface area contributed by atoms with E-state index in [4.69, 9.17) is 14.2 Å². The zero-order valence-electron chi connectivity index (χ0n) is 21.4. The molecule has 0 radical (unpaired) electrons. The number of hydrogen-bond donors (Lipinski definition) is 1. The number of esters is 1. The second-order valence-electron chi connectivity index (χ2n) is 9.84. The smallest absolute Gasteiger partial charge is 0.336 e. The largest absolute Gasteiger partial charge is 0.496 e. The topological polar surface area (TPSA) is 117 Å². The van der Waals surface area contributed by atoms with Gasteiger partial charge in [0, 0.05) is 54.0 Å². The number of allylic oxidation sites excluding steroid dienone is 3. The number of para-hydroxylation sites is 1. The fraction of sp³-hybridized carbons (Fsp3) is 0.379. The minimum absolute atomic E-state index is 0.108. The SMILES string of the molecule is COc1ccccc1C1CC(=O)C2=C(C1)NC(C)=C(C(=O)OCC1CCCO1)C2c1cccc([N+](=O)[O-])c1. The first-order valence-electron chi connectivity index (χ1n) is 12.8. The van der Waals surface area contributed by atoms with Gasteiger partial charge in [0.05, 0.1) is 23.7 Å². The summed E-state index contributed by atoms with van der Waals surface area (Å²) in [6.45, 7) is 2.53. The van der Waals surface area contributed by atoms with Crippen LogP contribution in [0, 0.1) is 10.1 Å². The summed E-state index contributed by atoms with van der Waals surface area (Å²) < 4.78 is 16.8. The third kappa shape index (κ3) is 4.93. The first-order chi connectivity index (χ1) is 18.4. The summed E-state index contributed by atoms with van der Waals surface area (Å²) >= 11 is 0. The van der Waals surface area contributed by atoms with Crippen LogP contribution < -0.4 is 10.1 Å². The Morgan fingerprint density at radius 2 is 2.00 bits per heavy atom. The van der Waals surface area contributed by atoms with E-state index in [0.29, 0.717) is 41.3 Å². The van der Waals surface area contributed by atoms with E-state index >= 15 is 0 Å². The van der Waals surface area contributed by atoms with Crippen LogP contribution in [0.5, 0.6) is 5.75 Å². The lowest BCUT2D eigenvalue weighted by Crippen LogP contribution is -2.36. The minimum Gasteiger partial charge on any atom is -0.496 e. The highest BCUT2D eigenvalue weighted by Crippen LogP contribution is 2.47. The predicted octanol–water partition coefficient (Wildman–Crippen LogP) is 4.69. The number of nitro benzene ring substituents is 1. The maximum atomic E-state index is 13.8. The van der Waals surface area contributed by atoms with E-state index in [2.05, 4.69) is 5.32 Å². The van der Waals surface area contributed by atoms with Gasteiger partial charge in [-0.05, 0) is 43.4 Å². The van der Waals surface area contributed by atoms with Crippen molar-refractivity contribution in [3.05, 3.63) is 92.3 Å². The molecule has 198 valence electrons. The number of ketones is 1. The van der Waals surface area contributed by atoms with E-state index in [1.165, 1.54) is 12.1 Å². The Hall–Kier alpha value is -3.98. The summed E-state index contributed by atoms with van der Waals surface area (Å²) in [6, 6.07) is 13.7. The number of nitrogens with zero attached hydrogens (tertiary/aromatic N) is 1. The molecule has 3 unspecified atom stereocenters. The quantitative estimate of drug-likeness (QED) is 0.319. The lowest BCUT2D eigenvalue weighted by Gasteiger charge is -2.37. The first kappa shape index (κ1) is 25.7. The standard InChI is InChI=1S/C29H30N2O7/c1-17-26(29(33)38-16-21-9-6-12-37-21)27(18-7-5-8-20(13-18)31(34)35)28-23(30-17)14-19(15-24(28)32)22-10-3-4-11-25(22)36-2/h3-5,7-8,10-11,13,19,21,27,30H,6,9,12,14-16H2,1-2H3. The van der Waals surface area contributed by atoms with Gasteiger partial charge in [0.15, 0.2) is 5.78 Å². The number of nitrogens with one attached hydrogen (secondary N) is 1. The van der Waals surface area contributed by atoms with Crippen molar-refractivity contribution in [2.45, 2.75) is 50.5 Å². The lowest BCUT2D eigenvalue weighted by molar-refractivity contribution is -0.384.